The summed E-state index contributed by atoms with van der Waals surface area (Å²) in [5, 5.41) is 12.3. The van der Waals surface area contributed by atoms with Crippen molar-refractivity contribution >= 4 is 17.5 Å². The van der Waals surface area contributed by atoms with Gasteiger partial charge in [-0.05, 0) is 31.2 Å². The second-order valence-corrected chi connectivity index (χ2v) is 6.39. The van der Waals surface area contributed by atoms with Crippen molar-refractivity contribution in [2.75, 3.05) is 0 Å². The first-order valence-electron chi connectivity index (χ1n) is 7.10. The van der Waals surface area contributed by atoms with Crippen LogP contribution in [0.3, 0.4) is 0 Å². The Labute approximate surface area is 151 Å². The first kappa shape index (κ1) is 19.0. The average molecular weight is 403 g/mol. The molecule has 0 atom stereocenters. The quantitative estimate of drug-likeness (QED) is 0.466. The van der Waals surface area contributed by atoms with E-state index in [-0.39, 0.29) is 15.7 Å². The van der Waals surface area contributed by atoms with Gasteiger partial charge in [-0.2, -0.15) is 41.1 Å². The van der Waals surface area contributed by atoms with Crippen molar-refractivity contribution < 1.29 is 26.3 Å². The third-order valence-electron chi connectivity index (χ3n) is 3.30. The van der Waals surface area contributed by atoms with Gasteiger partial charge in [0.15, 0.2) is 0 Å². The second kappa shape index (κ2) is 6.41. The van der Waals surface area contributed by atoms with Crippen LogP contribution in [-0.2, 0) is 12.4 Å². The minimum Gasteiger partial charge on any atom is -0.216 e. The van der Waals surface area contributed by atoms with Crippen LogP contribution < -0.4 is 0 Å². The van der Waals surface area contributed by atoms with Crippen molar-refractivity contribution in [2.45, 2.75) is 29.2 Å². The molecule has 0 amide bonds. The Morgan fingerprint density at radius 3 is 2.33 bits per heavy atom. The molecule has 0 radical (unpaired) electrons. The summed E-state index contributed by atoms with van der Waals surface area (Å²) < 4.78 is 78.5. The summed E-state index contributed by atoms with van der Waals surface area (Å²) in [6.07, 6.45) is -9.54. The van der Waals surface area contributed by atoms with Crippen molar-refractivity contribution in [1.29, 1.82) is 5.26 Å². The molecule has 0 N–H and O–H groups in total. The molecule has 0 saturated heterocycles. The summed E-state index contributed by atoms with van der Waals surface area (Å²) in [6, 6.07) is 5.85. The normalized spacial score (nSPS) is 12.4. The Kier molecular flexibility index (Phi) is 4.51. The maximum atomic E-state index is 13.1. The molecular weight excluding hydrogens is 396 g/mol. The van der Waals surface area contributed by atoms with Gasteiger partial charge in [-0.1, -0.05) is 11.8 Å². The van der Waals surface area contributed by atoms with E-state index in [0.29, 0.717) is 5.69 Å². The number of hydrogen-bond acceptors (Lipinski definition) is 5. The molecule has 5 nitrogen and oxygen atoms in total. The maximum absolute atomic E-state index is 13.1. The molecular formula is C15H7F6N5S. The number of aryl methyl sites for hydroxylation is 1. The molecule has 27 heavy (non-hydrogen) atoms. The van der Waals surface area contributed by atoms with Gasteiger partial charge in [0.1, 0.15) is 5.03 Å². The molecule has 0 unspecified atom stereocenters. The molecule has 3 aromatic rings. The molecule has 140 valence electrons. The standard InChI is InChI=1S/C15H7F6N5S/c1-7-4-11(26-13(23-7)24-12(25-26)15(19,20)21)27-9-3-2-8(6-22)10(5-9)14(16,17)18/h2-5H,1H3. The molecule has 0 spiro atoms. The van der Waals surface area contributed by atoms with Gasteiger partial charge in [-0.15, -0.1) is 5.10 Å². The fourth-order valence-corrected chi connectivity index (χ4v) is 3.18. The van der Waals surface area contributed by atoms with Crippen molar-refractivity contribution in [3.05, 3.63) is 46.9 Å². The predicted molar refractivity (Wildman–Crippen MR) is 80.8 cm³/mol. The van der Waals surface area contributed by atoms with E-state index in [1.54, 1.807) is 0 Å². The van der Waals surface area contributed by atoms with E-state index in [1.807, 2.05) is 0 Å². The van der Waals surface area contributed by atoms with E-state index in [1.165, 1.54) is 25.1 Å². The van der Waals surface area contributed by atoms with Gasteiger partial charge in [0.25, 0.3) is 11.6 Å². The summed E-state index contributed by atoms with van der Waals surface area (Å²) in [4.78, 5) is 7.23. The van der Waals surface area contributed by atoms with Crippen LogP contribution in [0.5, 0.6) is 0 Å². The van der Waals surface area contributed by atoms with Crippen molar-refractivity contribution in [2.24, 2.45) is 0 Å². The van der Waals surface area contributed by atoms with E-state index in [9.17, 15) is 26.3 Å². The van der Waals surface area contributed by atoms with E-state index in [2.05, 4.69) is 15.1 Å². The van der Waals surface area contributed by atoms with Crippen molar-refractivity contribution in [3.8, 4) is 6.07 Å². The van der Waals surface area contributed by atoms with E-state index in [0.717, 1.165) is 28.4 Å². The van der Waals surface area contributed by atoms with Gasteiger partial charge in [-0.3, -0.25) is 0 Å². The van der Waals surface area contributed by atoms with Gasteiger partial charge in [0.2, 0.25) is 0 Å². The van der Waals surface area contributed by atoms with Crippen LogP contribution in [0.4, 0.5) is 26.3 Å². The van der Waals surface area contributed by atoms with Gasteiger partial charge in [-0.25, -0.2) is 4.98 Å². The summed E-state index contributed by atoms with van der Waals surface area (Å²) in [5.41, 5.74) is -1.37. The fraction of sp³-hybridized carbons (Fsp3) is 0.200. The summed E-state index contributed by atoms with van der Waals surface area (Å²) in [5.74, 6) is -1.73. The Balaban J connectivity index is 2.09. The number of nitriles is 1. The third kappa shape index (κ3) is 3.82. The summed E-state index contributed by atoms with van der Waals surface area (Å²) >= 11 is 0.748. The van der Waals surface area contributed by atoms with E-state index in [4.69, 9.17) is 5.26 Å². The van der Waals surface area contributed by atoms with Crippen LogP contribution in [0.2, 0.25) is 0 Å². The Morgan fingerprint density at radius 1 is 1.04 bits per heavy atom. The topological polar surface area (TPSA) is 66.9 Å². The molecule has 0 aliphatic carbocycles. The molecule has 2 heterocycles. The van der Waals surface area contributed by atoms with Crippen LogP contribution in [-0.4, -0.2) is 19.6 Å². The van der Waals surface area contributed by atoms with Gasteiger partial charge in [0, 0.05) is 10.6 Å². The highest BCUT2D eigenvalue weighted by Gasteiger charge is 2.37. The fourth-order valence-electron chi connectivity index (χ4n) is 2.19. The Bertz CT molecular complexity index is 1060. The number of halogens is 6. The zero-order chi connectivity index (χ0) is 20.0. The molecule has 0 aliphatic rings. The molecule has 12 heteroatoms. The van der Waals surface area contributed by atoms with Crippen molar-refractivity contribution in [3.63, 3.8) is 0 Å². The highest BCUT2D eigenvalue weighted by Crippen LogP contribution is 2.37. The largest absolute Gasteiger partial charge is 0.453 e. The zero-order valence-corrected chi connectivity index (χ0v) is 14.0. The van der Waals surface area contributed by atoms with Gasteiger partial charge >= 0.3 is 12.4 Å². The minimum absolute atomic E-state index is 0.0669. The number of alkyl halides is 6. The molecule has 0 bridgehead atoms. The SMILES string of the molecule is Cc1cc(Sc2ccc(C#N)c(C(F)(F)F)c2)n2nc(C(F)(F)F)nc2n1. The second-order valence-electron chi connectivity index (χ2n) is 5.30. The molecule has 3 rings (SSSR count). The van der Waals surface area contributed by atoms with Gasteiger partial charge < -0.3 is 0 Å². The number of benzene rings is 1. The smallest absolute Gasteiger partial charge is 0.216 e. The Morgan fingerprint density at radius 2 is 1.74 bits per heavy atom. The van der Waals surface area contributed by atoms with E-state index >= 15 is 0 Å². The monoisotopic (exact) mass is 403 g/mol. The lowest BCUT2D eigenvalue weighted by molar-refractivity contribution is -0.144. The third-order valence-corrected chi connectivity index (χ3v) is 4.29. The van der Waals surface area contributed by atoms with Crippen LogP contribution >= 0.6 is 11.8 Å². The average Bonchev–Trinajstić information content (AvgIpc) is 2.98. The lowest BCUT2D eigenvalue weighted by Crippen LogP contribution is -2.08. The van der Waals surface area contributed by atoms with Crippen LogP contribution in [0.25, 0.3) is 5.78 Å². The zero-order valence-electron chi connectivity index (χ0n) is 13.2. The Hall–Kier alpha value is -2.81. The number of fused-ring (bicyclic) bond motifs is 1. The maximum Gasteiger partial charge on any atom is 0.453 e. The van der Waals surface area contributed by atoms with Crippen LogP contribution in [0, 0.1) is 18.3 Å². The van der Waals surface area contributed by atoms with E-state index < -0.39 is 29.3 Å². The lowest BCUT2D eigenvalue weighted by Gasteiger charge is -2.11. The summed E-state index contributed by atoms with van der Waals surface area (Å²) in [7, 11) is 0. The number of nitrogens with zero attached hydrogens (tertiary/aromatic N) is 5. The van der Waals surface area contributed by atoms with Crippen molar-refractivity contribution in [1.82, 2.24) is 19.6 Å². The van der Waals surface area contributed by atoms with Gasteiger partial charge in [0.05, 0.1) is 17.2 Å². The number of hydrogen-bond donors (Lipinski definition) is 0. The lowest BCUT2D eigenvalue weighted by atomic mass is 10.1. The first-order chi connectivity index (χ1) is 12.5. The molecule has 0 saturated carbocycles. The highest BCUT2D eigenvalue weighted by atomic mass is 32.2. The highest BCUT2D eigenvalue weighted by molar-refractivity contribution is 7.99. The van der Waals surface area contributed by atoms with Crippen LogP contribution in [0.1, 0.15) is 22.6 Å². The number of rotatable bonds is 2. The van der Waals surface area contributed by atoms with Crippen LogP contribution in [0.15, 0.2) is 34.2 Å². The first-order valence-corrected chi connectivity index (χ1v) is 7.91. The molecule has 0 aliphatic heterocycles. The minimum atomic E-state index is -4.79. The predicted octanol–water partition coefficient (Wildman–Crippen LogP) is 4.49. The molecule has 0 fully saturated rings. The number of aromatic nitrogens is 4. The molecule has 1 aromatic carbocycles. The molecule has 2 aromatic heterocycles. The summed E-state index contributed by atoms with van der Waals surface area (Å²) in [6.45, 7) is 1.51.